The van der Waals surface area contributed by atoms with E-state index in [0.717, 1.165) is 0 Å². The molecule has 0 radical (unpaired) electrons. The normalized spacial score (nSPS) is 28.5. The maximum Gasteiger partial charge on any atom is 0.253 e. The summed E-state index contributed by atoms with van der Waals surface area (Å²) in [5, 5.41) is 9.90. The molecule has 2 aromatic carbocycles. The Morgan fingerprint density at radius 3 is 2.23 bits per heavy atom. The number of likely N-dealkylation sites (tertiary alicyclic amines) is 1. The number of nitrogens with zero attached hydrogens (tertiary/aromatic N) is 3. The van der Waals surface area contributed by atoms with E-state index in [2.05, 4.69) is 13.2 Å². The van der Waals surface area contributed by atoms with Crippen LogP contribution in [-0.4, -0.2) is 71.2 Å². The van der Waals surface area contributed by atoms with Crippen molar-refractivity contribution in [2.45, 2.75) is 56.8 Å². The van der Waals surface area contributed by atoms with E-state index >= 15 is 0 Å². The zero-order chi connectivity index (χ0) is 31.6. The molecular formula is C35H42ClN3O5. The molecule has 0 aromatic heterocycles. The molecule has 1 spiro atoms. The molecule has 3 fully saturated rings. The van der Waals surface area contributed by atoms with Crippen molar-refractivity contribution in [3.63, 3.8) is 0 Å². The third kappa shape index (κ3) is 5.27. The van der Waals surface area contributed by atoms with Gasteiger partial charge in [0.1, 0.15) is 11.6 Å². The molecule has 5 rings (SSSR count). The summed E-state index contributed by atoms with van der Waals surface area (Å²) in [6, 6.07) is 15.4. The van der Waals surface area contributed by atoms with E-state index in [9.17, 15) is 19.5 Å². The largest absolute Gasteiger partial charge is 0.396 e. The molecule has 9 heteroatoms. The van der Waals surface area contributed by atoms with Crippen molar-refractivity contribution >= 4 is 40.7 Å². The van der Waals surface area contributed by atoms with Crippen LogP contribution in [0.5, 0.6) is 0 Å². The van der Waals surface area contributed by atoms with Gasteiger partial charge in [0.2, 0.25) is 11.8 Å². The molecule has 3 unspecified atom stereocenters. The van der Waals surface area contributed by atoms with E-state index in [4.69, 9.17) is 16.3 Å². The summed E-state index contributed by atoms with van der Waals surface area (Å²) in [5.41, 5.74) is -0.782. The summed E-state index contributed by atoms with van der Waals surface area (Å²) in [6.45, 7) is 12.6. The van der Waals surface area contributed by atoms with Gasteiger partial charge in [-0.25, -0.2) is 0 Å². The topological polar surface area (TPSA) is 90.4 Å². The number of halogens is 1. The number of hydrogen-bond acceptors (Lipinski definition) is 5. The quantitative estimate of drug-likeness (QED) is 0.244. The average molecular weight is 620 g/mol. The number of carbonyl (C=O) groups is 3. The Bertz CT molecular complexity index is 1400. The highest BCUT2D eigenvalue weighted by atomic mass is 35.5. The Morgan fingerprint density at radius 1 is 1.00 bits per heavy atom. The van der Waals surface area contributed by atoms with Crippen LogP contribution in [0.3, 0.4) is 0 Å². The second-order valence-corrected chi connectivity index (χ2v) is 12.7. The lowest BCUT2D eigenvalue weighted by Gasteiger charge is -2.39. The van der Waals surface area contributed by atoms with Gasteiger partial charge in [-0.1, -0.05) is 48.9 Å². The molecule has 2 aromatic rings. The van der Waals surface area contributed by atoms with Crippen LogP contribution in [0.25, 0.3) is 0 Å². The van der Waals surface area contributed by atoms with Gasteiger partial charge in [-0.05, 0) is 74.9 Å². The van der Waals surface area contributed by atoms with E-state index < -0.39 is 29.1 Å². The van der Waals surface area contributed by atoms with Gasteiger partial charge < -0.3 is 24.5 Å². The number of ether oxygens (including phenoxy) is 1. The fourth-order valence-corrected chi connectivity index (χ4v) is 7.78. The Balaban J connectivity index is 1.60. The molecule has 3 heterocycles. The summed E-state index contributed by atoms with van der Waals surface area (Å²) in [7, 11) is 0. The number of carbonyl (C=O) groups excluding carboxylic acids is 3. The van der Waals surface area contributed by atoms with E-state index in [1.165, 1.54) is 0 Å². The maximum absolute atomic E-state index is 14.8. The second kappa shape index (κ2) is 12.9. The third-order valence-corrected chi connectivity index (χ3v) is 9.99. The van der Waals surface area contributed by atoms with Crippen molar-refractivity contribution in [1.82, 2.24) is 4.90 Å². The molecule has 44 heavy (non-hydrogen) atoms. The van der Waals surface area contributed by atoms with Crippen LogP contribution in [-0.2, 0) is 19.1 Å². The predicted octanol–water partition coefficient (Wildman–Crippen LogP) is 5.25. The van der Waals surface area contributed by atoms with Crippen LogP contribution in [0, 0.1) is 17.8 Å². The minimum Gasteiger partial charge on any atom is -0.396 e. The number of rotatable bonds is 13. The molecule has 234 valence electrons. The van der Waals surface area contributed by atoms with Gasteiger partial charge in [-0.3, -0.25) is 14.4 Å². The van der Waals surface area contributed by atoms with Gasteiger partial charge in [0.05, 0.1) is 17.4 Å². The molecular weight excluding hydrogens is 578 g/mol. The summed E-state index contributed by atoms with van der Waals surface area (Å²) < 4.78 is 6.96. The average Bonchev–Trinajstić information content (AvgIpc) is 3.53. The fourth-order valence-electron chi connectivity index (χ4n) is 7.65. The Morgan fingerprint density at radius 2 is 1.61 bits per heavy atom. The van der Waals surface area contributed by atoms with Gasteiger partial charge in [0.15, 0.2) is 0 Å². The van der Waals surface area contributed by atoms with Gasteiger partial charge in [-0.15, -0.1) is 13.2 Å². The standard InChI is InChI=1S/C35H42ClN3O5/c1-5-19-37(26-13-9-7-10-14-26)31(41)28-29-32(42)39(21-11-8-12-22-40)30(35(29)23-24(3)34(28,4)44-35)33(43)38(20-6-2)27-17-15-25(36)16-18-27/h5-7,9-10,13-18,24,28-30,40H,1-2,8,11-12,19-23H2,3-4H3/t24?,28-,29+,30?,34+,35?/m1/s1. The number of unbranched alkanes of at least 4 members (excludes halogenated alkanes) is 2. The molecule has 3 aliphatic rings. The number of benzene rings is 2. The zero-order valence-corrected chi connectivity index (χ0v) is 26.3. The number of anilines is 2. The lowest BCUT2D eigenvalue weighted by molar-refractivity contribution is -0.145. The smallest absolute Gasteiger partial charge is 0.253 e. The van der Waals surface area contributed by atoms with E-state index in [1.807, 2.05) is 44.2 Å². The summed E-state index contributed by atoms with van der Waals surface area (Å²) in [6.07, 6.45) is 5.71. The molecule has 0 aliphatic carbocycles. The monoisotopic (exact) mass is 619 g/mol. The Hall–Kier alpha value is -3.46. The second-order valence-electron chi connectivity index (χ2n) is 12.3. The summed E-state index contributed by atoms with van der Waals surface area (Å²) in [4.78, 5) is 48.9. The van der Waals surface area contributed by atoms with Crippen molar-refractivity contribution < 1.29 is 24.2 Å². The van der Waals surface area contributed by atoms with Crippen molar-refractivity contribution in [3.8, 4) is 0 Å². The first-order chi connectivity index (χ1) is 21.1. The van der Waals surface area contributed by atoms with Gasteiger partial charge in [0.25, 0.3) is 5.91 Å². The first-order valence-electron chi connectivity index (χ1n) is 15.4. The number of para-hydroxylation sites is 1. The predicted molar refractivity (Wildman–Crippen MR) is 172 cm³/mol. The SMILES string of the molecule is C=CCN(C(=O)C1N(CCCCCO)C(=O)[C@@H]2[C@H](C(=O)N(CC=C)c3ccccc3)[C@@]3(C)OC12CC3C)c1ccc(Cl)cc1. The molecule has 1 N–H and O–H groups in total. The van der Waals surface area contributed by atoms with Gasteiger partial charge in [0, 0.05) is 42.6 Å². The Kier molecular flexibility index (Phi) is 9.35. The van der Waals surface area contributed by atoms with Crippen molar-refractivity contribution in [2.24, 2.45) is 17.8 Å². The molecule has 2 bridgehead atoms. The minimum absolute atomic E-state index is 0.0563. The third-order valence-electron chi connectivity index (χ3n) is 9.73. The van der Waals surface area contributed by atoms with Gasteiger partial charge >= 0.3 is 0 Å². The molecule has 3 aliphatic heterocycles. The van der Waals surface area contributed by atoms with E-state index in [1.54, 1.807) is 51.1 Å². The summed E-state index contributed by atoms with van der Waals surface area (Å²) in [5.74, 6) is -2.42. The maximum atomic E-state index is 14.8. The van der Waals surface area contributed by atoms with Crippen LogP contribution < -0.4 is 9.80 Å². The lowest BCUT2D eigenvalue weighted by atomic mass is 9.62. The minimum atomic E-state index is -1.18. The molecule has 3 amide bonds. The van der Waals surface area contributed by atoms with E-state index in [0.29, 0.717) is 48.6 Å². The highest BCUT2D eigenvalue weighted by Gasteiger charge is 2.80. The molecule has 3 saturated heterocycles. The highest BCUT2D eigenvalue weighted by Crippen LogP contribution is 2.65. The molecule has 0 saturated carbocycles. The van der Waals surface area contributed by atoms with Crippen LogP contribution in [0.15, 0.2) is 79.9 Å². The highest BCUT2D eigenvalue weighted by molar-refractivity contribution is 6.30. The van der Waals surface area contributed by atoms with Crippen molar-refractivity contribution in [2.75, 3.05) is 36.0 Å². The number of aliphatic hydroxyl groups excluding tert-OH is 1. The number of aliphatic hydroxyl groups is 1. The first kappa shape index (κ1) is 31.9. The van der Waals surface area contributed by atoms with Crippen LogP contribution in [0.2, 0.25) is 5.02 Å². The van der Waals surface area contributed by atoms with E-state index in [-0.39, 0.29) is 43.3 Å². The fraction of sp³-hybridized carbons (Fsp3) is 0.457. The van der Waals surface area contributed by atoms with Crippen molar-refractivity contribution in [3.05, 3.63) is 84.9 Å². The number of amides is 3. The molecule has 6 atom stereocenters. The number of hydrogen-bond donors (Lipinski definition) is 1. The lowest BCUT2D eigenvalue weighted by Crippen LogP contribution is -2.57. The Labute approximate surface area is 264 Å². The first-order valence-corrected chi connectivity index (χ1v) is 15.8. The van der Waals surface area contributed by atoms with Crippen LogP contribution in [0.4, 0.5) is 11.4 Å². The van der Waals surface area contributed by atoms with Gasteiger partial charge in [-0.2, -0.15) is 0 Å². The van der Waals surface area contributed by atoms with Crippen LogP contribution in [0.1, 0.15) is 39.5 Å². The summed E-state index contributed by atoms with van der Waals surface area (Å²) >= 11 is 6.16. The number of fused-ring (bicyclic) bond motifs is 1. The zero-order valence-electron chi connectivity index (χ0n) is 25.5. The van der Waals surface area contributed by atoms with Crippen molar-refractivity contribution in [1.29, 1.82) is 0 Å². The molecule has 8 nitrogen and oxygen atoms in total. The van der Waals surface area contributed by atoms with Crippen LogP contribution >= 0.6 is 11.6 Å².